The lowest BCUT2D eigenvalue weighted by atomic mass is 10.1. The molecular weight excluding hydrogens is 352 g/mol. The fourth-order valence-electron chi connectivity index (χ4n) is 3.16. The third-order valence-electron chi connectivity index (χ3n) is 4.34. The summed E-state index contributed by atoms with van der Waals surface area (Å²) in [5.41, 5.74) is 1.13. The molecule has 1 fully saturated rings. The highest BCUT2D eigenvalue weighted by molar-refractivity contribution is 6.32. The molecule has 0 saturated carbocycles. The van der Waals surface area contributed by atoms with Crippen LogP contribution in [0.25, 0.3) is 11.0 Å². The van der Waals surface area contributed by atoms with Gasteiger partial charge >= 0.3 is 6.09 Å². The van der Waals surface area contributed by atoms with Gasteiger partial charge in [0.05, 0.1) is 11.0 Å². The molecule has 26 heavy (non-hydrogen) atoms. The number of anilines is 1. The van der Waals surface area contributed by atoms with Crippen LogP contribution < -0.4 is 4.90 Å². The molecule has 1 aromatic carbocycles. The molecule has 0 N–H and O–H groups in total. The number of aromatic nitrogens is 2. The highest BCUT2D eigenvalue weighted by Crippen LogP contribution is 2.26. The molecule has 1 saturated heterocycles. The maximum atomic E-state index is 12.2. The predicted molar refractivity (Wildman–Crippen MR) is 104 cm³/mol. The first-order valence-corrected chi connectivity index (χ1v) is 9.22. The number of hydrogen-bond donors (Lipinski definition) is 0. The van der Waals surface area contributed by atoms with Crippen molar-refractivity contribution in [2.75, 3.05) is 31.6 Å². The zero-order chi connectivity index (χ0) is 18.9. The van der Waals surface area contributed by atoms with Crippen LogP contribution in [-0.4, -0.2) is 53.2 Å². The third-order valence-corrected chi connectivity index (χ3v) is 4.60. The summed E-state index contributed by atoms with van der Waals surface area (Å²) in [6.07, 6.45) is 0.688. The van der Waals surface area contributed by atoms with Crippen LogP contribution in [0.5, 0.6) is 0 Å². The number of hydrogen-bond acceptors (Lipinski definition) is 5. The van der Waals surface area contributed by atoms with Gasteiger partial charge in [-0.2, -0.15) is 0 Å². The van der Waals surface area contributed by atoms with Crippen molar-refractivity contribution >= 4 is 34.5 Å². The number of para-hydroxylation sites is 2. The Hall–Kier alpha value is -2.08. The molecule has 1 aliphatic heterocycles. The molecule has 0 spiro atoms. The second-order valence-corrected chi connectivity index (χ2v) is 8.15. The molecule has 1 aliphatic rings. The van der Waals surface area contributed by atoms with Gasteiger partial charge in [-0.15, -0.1) is 0 Å². The van der Waals surface area contributed by atoms with Crippen molar-refractivity contribution in [1.82, 2.24) is 14.9 Å². The van der Waals surface area contributed by atoms with Gasteiger partial charge in [0.25, 0.3) is 0 Å². The standard InChI is InChI=1S/C19H25ClN4O2/c1-19(2,3)26-18(25)24-10-9-13(12-24)11-23(4)17-16(20)21-14-7-5-6-8-15(14)22-17/h5-8,13H,9-12H2,1-4H3/t13-/m0/s1. The van der Waals surface area contributed by atoms with E-state index >= 15 is 0 Å². The van der Waals surface area contributed by atoms with E-state index in [9.17, 15) is 4.79 Å². The van der Waals surface area contributed by atoms with Gasteiger partial charge in [-0.1, -0.05) is 23.7 Å². The van der Waals surface area contributed by atoms with E-state index in [1.165, 1.54) is 0 Å². The van der Waals surface area contributed by atoms with E-state index in [-0.39, 0.29) is 6.09 Å². The first-order valence-electron chi connectivity index (χ1n) is 8.84. The summed E-state index contributed by atoms with van der Waals surface area (Å²) in [6.45, 7) is 7.79. The Morgan fingerprint density at radius 3 is 2.62 bits per heavy atom. The molecule has 2 heterocycles. The van der Waals surface area contributed by atoms with E-state index in [1.807, 2.05) is 57.0 Å². The summed E-state index contributed by atoms with van der Waals surface area (Å²) in [5, 5.41) is 0.396. The van der Waals surface area contributed by atoms with Crippen molar-refractivity contribution in [3.05, 3.63) is 29.4 Å². The zero-order valence-electron chi connectivity index (χ0n) is 15.7. The van der Waals surface area contributed by atoms with Crippen LogP contribution in [-0.2, 0) is 4.74 Å². The quantitative estimate of drug-likeness (QED) is 0.811. The van der Waals surface area contributed by atoms with E-state index in [1.54, 1.807) is 4.90 Å². The topological polar surface area (TPSA) is 58.6 Å². The Kier molecular flexibility index (Phi) is 5.23. The summed E-state index contributed by atoms with van der Waals surface area (Å²) in [5.74, 6) is 1.01. The fraction of sp³-hybridized carbons (Fsp3) is 0.526. The van der Waals surface area contributed by atoms with E-state index in [0.717, 1.165) is 24.0 Å². The average Bonchev–Trinajstić information content (AvgIpc) is 3.01. The van der Waals surface area contributed by atoms with Gasteiger partial charge in [-0.05, 0) is 45.2 Å². The minimum absolute atomic E-state index is 0.244. The number of likely N-dealkylation sites (tertiary alicyclic amines) is 1. The Labute approximate surface area is 159 Å². The molecular formula is C19H25ClN4O2. The average molecular weight is 377 g/mol. The van der Waals surface area contributed by atoms with Gasteiger partial charge < -0.3 is 14.5 Å². The Morgan fingerprint density at radius 1 is 1.31 bits per heavy atom. The number of fused-ring (bicyclic) bond motifs is 1. The fourth-order valence-corrected chi connectivity index (χ4v) is 3.44. The van der Waals surface area contributed by atoms with Gasteiger partial charge in [-0.3, -0.25) is 0 Å². The molecule has 7 heteroatoms. The monoisotopic (exact) mass is 376 g/mol. The smallest absolute Gasteiger partial charge is 0.410 e. The minimum atomic E-state index is -0.472. The minimum Gasteiger partial charge on any atom is -0.444 e. The van der Waals surface area contributed by atoms with Crippen LogP contribution in [0.15, 0.2) is 24.3 Å². The number of rotatable bonds is 3. The van der Waals surface area contributed by atoms with Crippen LogP contribution in [0, 0.1) is 5.92 Å². The summed E-state index contributed by atoms with van der Waals surface area (Å²) < 4.78 is 5.46. The predicted octanol–water partition coefficient (Wildman–Crippen LogP) is 3.98. The summed E-state index contributed by atoms with van der Waals surface area (Å²) in [6, 6.07) is 7.67. The number of halogens is 1. The molecule has 6 nitrogen and oxygen atoms in total. The maximum Gasteiger partial charge on any atom is 0.410 e. The molecule has 0 bridgehead atoms. The highest BCUT2D eigenvalue weighted by Gasteiger charge is 2.30. The number of carbonyl (C=O) groups excluding carboxylic acids is 1. The molecule has 1 atom stereocenters. The van der Waals surface area contributed by atoms with Gasteiger partial charge in [0, 0.05) is 26.7 Å². The van der Waals surface area contributed by atoms with Crippen LogP contribution in [0.1, 0.15) is 27.2 Å². The molecule has 1 aromatic heterocycles. The first kappa shape index (κ1) is 18.7. The molecule has 0 aliphatic carbocycles. The SMILES string of the molecule is CN(C[C@@H]1CCN(C(=O)OC(C)(C)C)C1)c1nc2ccccc2nc1Cl. The van der Waals surface area contributed by atoms with Crippen LogP contribution in [0.3, 0.4) is 0 Å². The number of benzene rings is 1. The highest BCUT2D eigenvalue weighted by atomic mass is 35.5. The van der Waals surface area contributed by atoms with Crippen molar-refractivity contribution in [2.24, 2.45) is 5.92 Å². The molecule has 3 rings (SSSR count). The Bertz CT molecular complexity index is 806. The second kappa shape index (κ2) is 7.27. The number of amides is 1. The third kappa shape index (κ3) is 4.36. The number of ether oxygens (including phenoxy) is 1. The van der Waals surface area contributed by atoms with Crippen molar-refractivity contribution in [3.8, 4) is 0 Å². The summed E-state index contributed by atoms with van der Waals surface area (Å²) in [4.78, 5) is 25.1. The lowest BCUT2D eigenvalue weighted by molar-refractivity contribution is 0.0288. The van der Waals surface area contributed by atoms with Gasteiger partial charge in [0.1, 0.15) is 5.60 Å². The summed E-state index contributed by atoms with van der Waals surface area (Å²) in [7, 11) is 1.96. The Morgan fingerprint density at radius 2 is 1.96 bits per heavy atom. The summed E-state index contributed by atoms with van der Waals surface area (Å²) >= 11 is 6.34. The first-order chi connectivity index (χ1) is 12.2. The van der Waals surface area contributed by atoms with Crippen LogP contribution in [0.2, 0.25) is 5.15 Å². The largest absolute Gasteiger partial charge is 0.444 e. The molecule has 1 amide bonds. The van der Waals surface area contributed by atoms with Crippen molar-refractivity contribution in [1.29, 1.82) is 0 Å². The van der Waals surface area contributed by atoms with Crippen LogP contribution >= 0.6 is 11.6 Å². The molecule has 0 radical (unpaired) electrons. The van der Waals surface area contributed by atoms with Crippen molar-refractivity contribution in [3.63, 3.8) is 0 Å². The Balaban J connectivity index is 1.65. The van der Waals surface area contributed by atoms with Gasteiger partial charge in [0.15, 0.2) is 11.0 Å². The lowest BCUT2D eigenvalue weighted by Crippen LogP contribution is -2.36. The van der Waals surface area contributed by atoms with E-state index in [2.05, 4.69) is 9.97 Å². The molecule has 140 valence electrons. The van der Waals surface area contributed by atoms with E-state index in [4.69, 9.17) is 16.3 Å². The van der Waals surface area contributed by atoms with E-state index < -0.39 is 5.60 Å². The number of nitrogens with zero attached hydrogens (tertiary/aromatic N) is 4. The number of carbonyl (C=O) groups is 1. The maximum absolute atomic E-state index is 12.2. The van der Waals surface area contributed by atoms with Crippen molar-refractivity contribution in [2.45, 2.75) is 32.8 Å². The van der Waals surface area contributed by atoms with Gasteiger partial charge in [0.2, 0.25) is 0 Å². The zero-order valence-corrected chi connectivity index (χ0v) is 16.5. The van der Waals surface area contributed by atoms with Crippen molar-refractivity contribution < 1.29 is 9.53 Å². The normalized spacial score (nSPS) is 17.6. The van der Waals surface area contributed by atoms with E-state index in [0.29, 0.717) is 30.0 Å². The molecule has 2 aromatic rings. The lowest BCUT2D eigenvalue weighted by Gasteiger charge is -2.25. The van der Waals surface area contributed by atoms with Crippen LogP contribution in [0.4, 0.5) is 10.6 Å². The van der Waals surface area contributed by atoms with Gasteiger partial charge in [-0.25, -0.2) is 14.8 Å². The second-order valence-electron chi connectivity index (χ2n) is 7.79. The molecule has 0 unspecified atom stereocenters.